The third-order valence-electron chi connectivity index (χ3n) is 2.07. The molecule has 1 heterocycles. The Kier molecular flexibility index (Phi) is 2.56. The van der Waals surface area contributed by atoms with Crippen molar-refractivity contribution in [3.63, 3.8) is 0 Å². The molecule has 0 N–H and O–H groups in total. The topological polar surface area (TPSA) is 35.5 Å². The van der Waals surface area contributed by atoms with Crippen molar-refractivity contribution in [3.8, 4) is 5.75 Å². The van der Waals surface area contributed by atoms with Crippen LogP contribution in [0.1, 0.15) is 22.8 Å². The zero-order valence-electron chi connectivity index (χ0n) is 7.67. The van der Waals surface area contributed by atoms with Gasteiger partial charge in [-0.3, -0.25) is 4.79 Å². The lowest BCUT2D eigenvalue weighted by molar-refractivity contribution is -0.0169. The monoisotopic (exact) mass is 256 g/mol. The number of hydrogen-bond donors (Lipinski definition) is 0. The summed E-state index contributed by atoms with van der Waals surface area (Å²) in [6.07, 6.45) is 0. The molecular weight excluding hydrogens is 248 g/mol. The van der Waals surface area contributed by atoms with Crippen molar-refractivity contribution in [2.75, 3.05) is 6.79 Å². The molecule has 1 aromatic rings. The molecule has 0 amide bonds. The first-order valence-electron chi connectivity index (χ1n) is 4.22. The smallest absolute Gasteiger partial charge is 0.189 e. The van der Waals surface area contributed by atoms with Crippen LogP contribution in [0.2, 0.25) is 0 Å². The summed E-state index contributed by atoms with van der Waals surface area (Å²) in [7, 11) is 0. The first kappa shape index (κ1) is 9.68. The number of benzene rings is 1. The SMILES string of the molecule is CC(=O)c1cc(Br)c2c(c1)COCO2. The molecule has 74 valence electrons. The summed E-state index contributed by atoms with van der Waals surface area (Å²) in [5, 5.41) is 0. The molecule has 0 bridgehead atoms. The Morgan fingerprint density at radius 3 is 3.00 bits per heavy atom. The van der Waals surface area contributed by atoms with Crippen LogP contribution in [0.5, 0.6) is 5.75 Å². The summed E-state index contributed by atoms with van der Waals surface area (Å²) < 4.78 is 11.2. The Labute approximate surface area is 90.1 Å². The zero-order chi connectivity index (χ0) is 10.1. The number of halogens is 1. The summed E-state index contributed by atoms with van der Waals surface area (Å²) in [6, 6.07) is 3.58. The highest BCUT2D eigenvalue weighted by Gasteiger charge is 2.16. The van der Waals surface area contributed by atoms with E-state index in [1.54, 1.807) is 13.0 Å². The zero-order valence-corrected chi connectivity index (χ0v) is 9.26. The lowest BCUT2D eigenvalue weighted by Crippen LogP contribution is -2.12. The Bertz CT molecular complexity index is 387. The number of ketones is 1. The molecule has 0 saturated heterocycles. The standard InChI is InChI=1S/C10H9BrO3/c1-6(12)7-2-8-4-13-5-14-10(8)9(11)3-7/h2-3H,4-5H2,1H3. The third-order valence-corrected chi connectivity index (χ3v) is 2.66. The van der Waals surface area contributed by atoms with E-state index in [0.717, 1.165) is 15.8 Å². The Balaban J connectivity index is 2.51. The van der Waals surface area contributed by atoms with E-state index in [1.807, 2.05) is 6.07 Å². The van der Waals surface area contributed by atoms with Crippen LogP contribution in [0.25, 0.3) is 0 Å². The fraction of sp³-hybridized carbons (Fsp3) is 0.300. The molecule has 0 fully saturated rings. The van der Waals surface area contributed by atoms with Crippen molar-refractivity contribution in [2.24, 2.45) is 0 Å². The van der Waals surface area contributed by atoms with Gasteiger partial charge in [-0.1, -0.05) is 0 Å². The third kappa shape index (κ3) is 1.67. The summed E-state index contributed by atoms with van der Waals surface area (Å²) in [5.41, 5.74) is 1.58. The van der Waals surface area contributed by atoms with Crippen LogP contribution in [0.4, 0.5) is 0 Å². The first-order chi connectivity index (χ1) is 6.68. The predicted molar refractivity (Wildman–Crippen MR) is 54.4 cm³/mol. The number of fused-ring (bicyclic) bond motifs is 1. The molecule has 3 nitrogen and oxygen atoms in total. The second kappa shape index (κ2) is 3.71. The van der Waals surface area contributed by atoms with E-state index in [-0.39, 0.29) is 12.6 Å². The van der Waals surface area contributed by atoms with Crippen LogP contribution >= 0.6 is 15.9 Å². The van der Waals surface area contributed by atoms with Crippen LogP contribution in [0, 0.1) is 0 Å². The molecule has 0 aromatic heterocycles. The van der Waals surface area contributed by atoms with Crippen LogP contribution in [-0.2, 0) is 11.3 Å². The average Bonchev–Trinajstić information content (AvgIpc) is 2.17. The van der Waals surface area contributed by atoms with Gasteiger partial charge in [0, 0.05) is 11.1 Å². The van der Waals surface area contributed by atoms with Crippen LogP contribution in [0.15, 0.2) is 16.6 Å². The average molecular weight is 257 g/mol. The van der Waals surface area contributed by atoms with Crippen molar-refractivity contribution in [2.45, 2.75) is 13.5 Å². The van der Waals surface area contributed by atoms with Gasteiger partial charge in [-0.15, -0.1) is 0 Å². The highest BCUT2D eigenvalue weighted by Crippen LogP contribution is 2.33. The van der Waals surface area contributed by atoms with Crippen LogP contribution in [0.3, 0.4) is 0 Å². The number of Topliss-reactive ketones (excluding diaryl/α,β-unsaturated/α-hetero) is 1. The fourth-order valence-electron chi connectivity index (χ4n) is 1.37. The van der Waals surface area contributed by atoms with Crippen LogP contribution in [-0.4, -0.2) is 12.6 Å². The molecule has 0 aliphatic carbocycles. The highest BCUT2D eigenvalue weighted by atomic mass is 79.9. The van der Waals surface area contributed by atoms with Gasteiger partial charge in [-0.05, 0) is 35.0 Å². The number of carbonyl (C=O) groups is 1. The van der Waals surface area contributed by atoms with Gasteiger partial charge >= 0.3 is 0 Å². The number of hydrogen-bond acceptors (Lipinski definition) is 3. The second-order valence-electron chi connectivity index (χ2n) is 3.11. The maximum absolute atomic E-state index is 11.2. The van der Waals surface area contributed by atoms with Gasteiger partial charge in [-0.25, -0.2) is 0 Å². The molecule has 0 unspecified atom stereocenters. The van der Waals surface area contributed by atoms with Gasteiger partial charge in [0.1, 0.15) is 5.75 Å². The van der Waals surface area contributed by atoms with Gasteiger partial charge in [-0.2, -0.15) is 0 Å². The molecule has 14 heavy (non-hydrogen) atoms. The number of carbonyl (C=O) groups excluding carboxylic acids is 1. The largest absolute Gasteiger partial charge is 0.466 e. The van der Waals surface area contributed by atoms with Gasteiger partial charge < -0.3 is 9.47 Å². The van der Waals surface area contributed by atoms with E-state index < -0.39 is 0 Å². The van der Waals surface area contributed by atoms with Crippen molar-refractivity contribution >= 4 is 21.7 Å². The molecule has 0 atom stereocenters. The summed E-state index contributed by atoms with van der Waals surface area (Å²) >= 11 is 3.37. The molecule has 4 heteroatoms. The summed E-state index contributed by atoms with van der Waals surface area (Å²) in [4.78, 5) is 11.2. The summed E-state index contributed by atoms with van der Waals surface area (Å²) in [6.45, 7) is 2.30. The maximum atomic E-state index is 11.2. The molecule has 2 rings (SSSR count). The Morgan fingerprint density at radius 1 is 1.50 bits per heavy atom. The molecule has 0 spiro atoms. The number of rotatable bonds is 1. The second-order valence-corrected chi connectivity index (χ2v) is 3.97. The van der Waals surface area contributed by atoms with Crippen molar-refractivity contribution in [3.05, 3.63) is 27.7 Å². The van der Waals surface area contributed by atoms with Gasteiger partial charge in [0.05, 0.1) is 11.1 Å². The van der Waals surface area contributed by atoms with Gasteiger partial charge in [0.2, 0.25) is 0 Å². The molecule has 1 aromatic carbocycles. The summed E-state index contributed by atoms with van der Waals surface area (Å²) in [5.74, 6) is 0.820. The highest BCUT2D eigenvalue weighted by molar-refractivity contribution is 9.10. The molecular formula is C10H9BrO3. The van der Waals surface area contributed by atoms with Gasteiger partial charge in [0.25, 0.3) is 0 Å². The van der Waals surface area contributed by atoms with Crippen molar-refractivity contribution < 1.29 is 14.3 Å². The molecule has 0 radical (unpaired) electrons. The minimum Gasteiger partial charge on any atom is -0.466 e. The lowest BCUT2D eigenvalue weighted by Gasteiger charge is -2.19. The normalized spacial score (nSPS) is 14.4. The van der Waals surface area contributed by atoms with Crippen molar-refractivity contribution in [1.82, 2.24) is 0 Å². The van der Waals surface area contributed by atoms with E-state index >= 15 is 0 Å². The lowest BCUT2D eigenvalue weighted by atomic mass is 10.1. The Hall–Kier alpha value is -0.870. The number of ether oxygens (including phenoxy) is 2. The minimum absolute atomic E-state index is 0.0408. The Morgan fingerprint density at radius 2 is 2.29 bits per heavy atom. The predicted octanol–water partition coefficient (Wildman–Crippen LogP) is 2.52. The molecule has 0 saturated carbocycles. The van der Waals surface area contributed by atoms with E-state index in [1.165, 1.54) is 0 Å². The van der Waals surface area contributed by atoms with E-state index in [4.69, 9.17) is 9.47 Å². The van der Waals surface area contributed by atoms with Crippen molar-refractivity contribution in [1.29, 1.82) is 0 Å². The quantitative estimate of drug-likeness (QED) is 0.725. The van der Waals surface area contributed by atoms with E-state index in [0.29, 0.717) is 12.2 Å². The van der Waals surface area contributed by atoms with E-state index in [9.17, 15) is 4.79 Å². The molecule has 1 aliphatic rings. The van der Waals surface area contributed by atoms with Gasteiger partial charge in [0.15, 0.2) is 12.6 Å². The minimum atomic E-state index is 0.0408. The first-order valence-corrected chi connectivity index (χ1v) is 5.01. The molecule has 1 aliphatic heterocycles. The van der Waals surface area contributed by atoms with E-state index in [2.05, 4.69) is 15.9 Å². The van der Waals surface area contributed by atoms with Crippen LogP contribution < -0.4 is 4.74 Å². The maximum Gasteiger partial charge on any atom is 0.189 e. The fourth-order valence-corrected chi connectivity index (χ4v) is 1.99.